The fourth-order valence-corrected chi connectivity index (χ4v) is 6.75. The number of aromatic nitrogens is 1. The maximum absolute atomic E-state index is 14.5. The first-order valence-corrected chi connectivity index (χ1v) is 13.8. The van der Waals surface area contributed by atoms with Gasteiger partial charge in [-0.2, -0.15) is 0 Å². The summed E-state index contributed by atoms with van der Waals surface area (Å²) in [7, 11) is 0. The van der Waals surface area contributed by atoms with Crippen LogP contribution in [0.1, 0.15) is 54.2 Å². The van der Waals surface area contributed by atoms with Gasteiger partial charge in [-0.3, -0.25) is 9.59 Å². The third-order valence-corrected chi connectivity index (χ3v) is 8.92. The molecule has 2 aliphatic rings. The molecule has 37 heavy (non-hydrogen) atoms. The molecule has 1 atom stereocenters. The van der Waals surface area contributed by atoms with E-state index in [1.54, 1.807) is 28.4 Å². The molecule has 2 aromatic heterocycles. The summed E-state index contributed by atoms with van der Waals surface area (Å²) in [6.45, 7) is 2.77. The van der Waals surface area contributed by atoms with Crippen molar-refractivity contribution in [3.05, 3.63) is 94.7 Å². The number of rotatable bonds is 5. The van der Waals surface area contributed by atoms with Gasteiger partial charge in [0.1, 0.15) is 11.5 Å². The summed E-state index contributed by atoms with van der Waals surface area (Å²) in [4.78, 5) is 30.4. The number of hydrogen-bond donors (Lipinski definition) is 1. The number of carbonyl (C=O) groups excluding carboxylic acids is 2. The normalized spacial score (nSPS) is 23.7. The Balaban J connectivity index is 1.50. The second kappa shape index (κ2) is 9.45. The van der Waals surface area contributed by atoms with Crippen LogP contribution in [-0.4, -0.2) is 27.3 Å². The predicted molar refractivity (Wildman–Crippen MR) is 144 cm³/mol. The largest absolute Gasteiger partial charge is 0.351 e. The van der Waals surface area contributed by atoms with E-state index in [-0.39, 0.29) is 30.2 Å². The van der Waals surface area contributed by atoms with Gasteiger partial charge in [0, 0.05) is 12.6 Å². The summed E-state index contributed by atoms with van der Waals surface area (Å²) in [5.74, 6) is -0.0232. The lowest BCUT2D eigenvalue weighted by molar-refractivity contribution is -0.136. The van der Waals surface area contributed by atoms with Crippen molar-refractivity contribution in [2.75, 3.05) is 0 Å². The molecule has 0 bridgehead atoms. The molecule has 1 aliphatic heterocycles. The van der Waals surface area contributed by atoms with Gasteiger partial charge in [0.25, 0.3) is 11.8 Å². The van der Waals surface area contributed by atoms with Crippen LogP contribution in [0.2, 0.25) is 0 Å². The molecule has 5 nitrogen and oxygen atoms in total. The summed E-state index contributed by atoms with van der Waals surface area (Å²) in [6, 6.07) is 19.8. The van der Waals surface area contributed by atoms with E-state index >= 15 is 0 Å². The van der Waals surface area contributed by atoms with Crippen molar-refractivity contribution in [3.63, 3.8) is 0 Å². The Bertz CT molecular complexity index is 1440. The monoisotopic (exact) mass is 515 g/mol. The average Bonchev–Trinajstić information content (AvgIpc) is 3.51. The molecule has 1 unspecified atom stereocenters. The molecule has 1 aliphatic carbocycles. The highest BCUT2D eigenvalue weighted by molar-refractivity contribution is 7.17. The van der Waals surface area contributed by atoms with E-state index in [2.05, 4.69) is 12.2 Å². The second-order valence-corrected chi connectivity index (χ2v) is 11.4. The number of fused-ring (bicyclic) bond motifs is 3. The van der Waals surface area contributed by atoms with Crippen LogP contribution in [0.3, 0.4) is 0 Å². The van der Waals surface area contributed by atoms with E-state index in [1.165, 1.54) is 12.1 Å². The fraction of sp³-hybridized carbons (Fsp3) is 0.333. The van der Waals surface area contributed by atoms with Crippen molar-refractivity contribution in [1.29, 1.82) is 0 Å². The van der Waals surface area contributed by atoms with Gasteiger partial charge in [0.15, 0.2) is 5.54 Å². The van der Waals surface area contributed by atoms with Gasteiger partial charge in [0.2, 0.25) is 0 Å². The van der Waals surface area contributed by atoms with Crippen LogP contribution in [0.15, 0.2) is 72.1 Å². The van der Waals surface area contributed by atoms with Gasteiger partial charge in [-0.25, -0.2) is 4.39 Å². The van der Waals surface area contributed by atoms with Gasteiger partial charge in [-0.05, 0) is 72.4 Å². The first-order valence-electron chi connectivity index (χ1n) is 13.0. The maximum Gasteiger partial charge on any atom is 0.272 e. The molecule has 0 radical (unpaired) electrons. The summed E-state index contributed by atoms with van der Waals surface area (Å²) in [5, 5.41) is 5.37. The van der Waals surface area contributed by atoms with E-state index < -0.39 is 5.54 Å². The fourth-order valence-electron chi connectivity index (χ4n) is 5.93. The van der Waals surface area contributed by atoms with Crippen molar-refractivity contribution in [1.82, 2.24) is 14.8 Å². The molecule has 3 heterocycles. The number of hydrogen-bond acceptors (Lipinski definition) is 3. The lowest BCUT2D eigenvalue weighted by atomic mass is 9.82. The highest BCUT2D eigenvalue weighted by Crippen LogP contribution is 2.41. The Labute approximate surface area is 219 Å². The lowest BCUT2D eigenvalue weighted by Crippen LogP contribution is -2.64. The molecule has 1 N–H and O–H groups in total. The lowest BCUT2D eigenvalue weighted by Gasteiger charge is -2.47. The summed E-state index contributed by atoms with van der Waals surface area (Å²) in [5.41, 5.74) is 1.84. The van der Waals surface area contributed by atoms with Crippen molar-refractivity contribution in [2.24, 2.45) is 5.92 Å². The Morgan fingerprint density at radius 3 is 2.51 bits per heavy atom. The number of benzene rings is 2. The Hall–Kier alpha value is -3.45. The molecular weight excluding hydrogens is 485 g/mol. The maximum atomic E-state index is 14.5. The number of thiophene rings is 1. The number of amides is 2. The predicted octanol–water partition coefficient (Wildman–Crippen LogP) is 6.09. The minimum absolute atomic E-state index is 0.0827. The number of halogens is 1. The van der Waals surface area contributed by atoms with Crippen molar-refractivity contribution < 1.29 is 14.0 Å². The van der Waals surface area contributed by atoms with Crippen LogP contribution in [0.5, 0.6) is 0 Å². The van der Waals surface area contributed by atoms with Crippen LogP contribution in [0.25, 0.3) is 10.2 Å². The highest BCUT2D eigenvalue weighted by Gasteiger charge is 2.53. The van der Waals surface area contributed by atoms with E-state index in [0.717, 1.165) is 47.0 Å². The van der Waals surface area contributed by atoms with Gasteiger partial charge in [-0.1, -0.05) is 49.4 Å². The topological polar surface area (TPSA) is 54.3 Å². The van der Waals surface area contributed by atoms with E-state index in [1.807, 2.05) is 52.4 Å². The zero-order chi connectivity index (χ0) is 25.6. The molecular formula is C30H30FN3O2S. The summed E-state index contributed by atoms with van der Waals surface area (Å²) in [6.07, 6.45) is 4.04. The van der Waals surface area contributed by atoms with E-state index in [4.69, 9.17) is 0 Å². The third kappa shape index (κ3) is 4.15. The molecule has 0 saturated heterocycles. The second-order valence-electron chi connectivity index (χ2n) is 10.5. The quantitative estimate of drug-likeness (QED) is 0.350. The molecule has 4 aromatic rings. The molecule has 2 aromatic carbocycles. The molecule has 1 saturated carbocycles. The Kier molecular flexibility index (Phi) is 6.11. The van der Waals surface area contributed by atoms with Gasteiger partial charge < -0.3 is 14.8 Å². The summed E-state index contributed by atoms with van der Waals surface area (Å²) < 4.78 is 16.7. The number of nitrogens with zero attached hydrogens (tertiary/aromatic N) is 2. The number of carbonyl (C=O) groups is 2. The van der Waals surface area contributed by atoms with Gasteiger partial charge >= 0.3 is 0 Å². The Morgan fingerprint density at radius 1 is 1.05 bits per heavy atom. The number of nitrogens with one attached hydrogen (secondary N) is 1. The van der Waals surface area contributed by atoms with E-state index in [9.17, 15) is 14.0 Å². The minimum atomic E-state index is -1.25. The van der Waals surface area contributed by atoms with Crippen molar-refractivity contribution in [2.45, 2.75) is 57.3 Å². The molecule has 190 valence electrons. The zero-order valence-electron chi connectivity index (χ0n) is 20.8. The minimum Gasteiger partial charge on any atom is -0.351 e. The molecule has 1 fully saturated rings. The van der Waals surface area contributed by atoms with Crippen LogP contribution in [0.4, 0.5) is 4.39 Å². The van der Waals surface area contributed by atoms with Crippen LogP contribution < -0.4 is 5.32 Å². The van der Waals surface area contributed by atoms with Gasteiger partial charge in [-0.15, -0.1) is 11.3 Å². The third-order valence-electron chi connectivity index (χ3n) is 8.07. The molecule has 6 rings (SSSR count). The van der Waals surface area contributed by atoms with Crippen LogP contribution in [0, 0.1) is 11.7 Å². The van der Waals surface area contributed by atoms with Crippen molar-refractivity contribution >= 4 is 33.4 Å². The average molecular weight is 516 g/mol. The Morgan fingerprint density at radius 2 is 1.78 bits per heavy atom. The summed E-state index contributed by atoms with van der Waals surface area (Å²) >= 11 is 1.59. The molecule has 2 amide bonds. The molecule has 7 heteroatoms. The van der Waals surface area contributed by atoms with Crippen LogP contribution in [-0.2, 0) is 23.4 Å². The van der Waals surface area contributed by atoms with Crippen LogP contribution >= 0.6 is 11.3 Å². The standard InChI is InChI=1S/C30H30FN3O2S/c1-20-7-13-24(14-8-20)32-29(36)30(22-5-3-2-4-6-22)19-33-25-15-16-37-27(25)17-26(33)28(35)34(30)18-21-9-11-23(31)12-10-21/h2-6,9-12,15-17,20,24H,7-8,13-14,18-19H2,1H3,(H,32,36). The first kappa shape index (κ1) is 23.9. The smallest absolute Gasteiger partial charge is 0.272 e. The van der Waals surface area contributed by atoms with Gasteiger partial charge in [0.05, 0.1) is 16.8 Å². The molecule has 0 spiro atoms. The first-order chi connectivity index (χ1) is 18.0. The SMILES string of the molecule is CC1CCC(NC(=O)C2(c3ccccc3)Cn3c(cc4sccc43)C(=O)N2Cc2ccc(F)cc2)CC1. The highest BCUT2D eigenvalue weighted by atomic mass is 32.1. The van der Waals surface area contributed by atoms with E-state index in [0.29, 0.717) is 18.2 Å². The van der Waals surface area contributed by atoms with Crippen molar-refractivity contribution in [3.8, 4) is 0 Å². The zero-order valence-corrected chi connectivity index (χ0v) is 21.6.